The molecule has 30 heavy (non-hydrogen) atoms. The summed E-state index contributed by atoms with van der Waals surface area (Å²) in [6.07, 6.45) is 4.19. The van der Waals surface area contributed by atoms with E-state index in [9.17, 15) is 9.59 Å². The van der Waals surface area contributed by atoms with Crippen molar-refractivity contribution in [1.29, 1.82) is 0 Å². The number of benzene rings is 2. The Morgan fingerprint density at radius 2 is 1.93 bits per heavy atom. The number of hydrazone groups is 1. The lowest BCUT2D eigenvalue weighted by Gasteiger charge is -2.22. The first-order valence-electron chi connectivity index (χ1n) is 10.3. The molecule has 7 heteroatoms. The number of nitrogens with one attached hydrogen (secondary N) is 4. The SMILES string of the molecule is O=C(CC1CCNCC1)Nc1cc2c3c(c(-c4ccccc4)[nH]c3c1)C=NNC2=O. The van der Waals surface area contributed by atoms with Crippen molar-refractivity contribution < 1.29 is 9.59 Å². The molecule has 1 saturated heterocycles. The van der Waals surface area contributed by atoms with Gasteiger partial charge in [0.25, 0.3) is 5.91 Å². The molecule has 3 heterocycles. The summed E-state index contributed by atoms with van der Waals surface area (Å²) in [7, 11) is 0. The predicted molar refractivity (Wildman–Crippen MR) is 118 cm³/mol. The number of aromatic nitrogens is 1. The molecule has 0 atom stereocenters. The molecule has 0 unspecified atom stereocenters. The Balaban J connectivity index is 1.52. The molecular formula is C23H23N5O2. The summed E-state index contributed by atoms with van der Waals surface area (Å²) in [5.74, 6) is 0.0897. The second kappa shape index (κ2) is 7.76. The average molecular weight is 401 g/mol. The molecule has 1 aromatic heterocycles. The minimum atomic E-state index is -0.289. The van der Waals surface area contributed by atoms with Crippen LogP contribution in [-0.2, 0) is 4.79 Å². The highest BCUT2D eigenvalue weighted by Gasteiger charge is 2.23. The van der Waals surface area contributed by atoms with Crippen molar-refractivity contribution in [2.45, 2.75) is 19.3 Å². The first-order valence-corrected chi connectivity index (χ1v) is 10.3. The maximum Gasteiger partial charge on any atom is 0.272 e. The van der Waals surface area contributed by atoms with Crippen molar-refractivity contribution in [1.82, 2.24) is 15.7 Å². The summed E-state index contributed by atoms with van der Waals surface area (Å²) in [5, 5.41) is 11.2. The number of hydrogen-bond acceptors (Lipinski definition) is 4. The van der Waals surface area contributed by atoms with Crippen LogP contribution in [0.5, 0.6) is 0 Å². The van der Waals surface area contributed by atoms with Gasteiger partial charge in [-0.15, -0.1) is 0 Å². The van der Waals surface area contributed by atoms with E-state index < -0.39 is 0 Å². The number of H-pyrrole nitrogens is 1. The molecule has 1 fully saturated rings. The average Bonchev–Trinajstić information content (AvgIpc) is 3.03. The van der Waals surface area contributed by atoms with E-state index in [-0.39, 0.29) is 11.8 Å². The van der Waals surface area contributed by atoms with Crippen LogP contribution in [0.15, 0.2) is 47.6 Å². The molecular weight excluding hydrogens is 378 g/mol. The van der Waals surface area contributed by atoms with Gasteiger partial charge in [-0.25, -0.2) is 5.43 Å². The maximum atomic E-state index is 12.6. The number of carbonyl (C=O) groups is 2. The third-order valence-electron chi connectivity index (χ3n) is 5.82. The van der Waals surface area contributed by atoms with Gasteiger partial charge in [0.1, 0.15) is 0 Å². The Morgan fingerprint density at radius 3 is 2.73 bits per heavy atom. The number of anilines is 1. The van der Waals surface area contributed by atoms with E-state index in [1.54, 1.807) is 12.3 Å². The molecule has 2 aliphatic heterocycles. The number of rotatable bonds is 4. The summed E-state index contributed by atoms with van der Waals surface area (Å²) < 4.78 is 0. The van der Waals surface area contributed by atoms with Crippen molar-refractivity contribution in [3.8, 4) is 11.3 Å². The molecule has 0 spiro atoms. The minimum Gasteiger partial charge on any atom is -0.354 e. The summed E-state index contributed by atoms with van der Waals surface area (Å²) in [4.78, 5) is 28.7. The lowest BCUT2D eigenvalue weighted by molar-refractivity contribution is -0.117. The van der Waals surface area contributed by atoms with Crippen LogP contribution in [0.3, 0.4) is 0 Å². The summed E-state index contributed by atoms with van der Waals surface area (Å²) in [6.45, 7) is 1.92. The zero-order valence-electron chi connectivity index (χ0n) is 16.5. The number of piperidine rings is 1. The van der Waals surface area contributed by atoms with Gasteiger partial charge in [-0.1, -0.05) is 30.3 Å². The highest BCUT2D eigenvalue weighted by Crippen LogP contribution is 2.34. The van der Waals surface area contributed by atoms with E-state index in [0.29, 0.717) is 23.6 Å². The lowest BCUT2D eigenvalue weighted by Crippen LogP contribution is -2.30. The smallest absolute Gasteiger partial charge is 0.272 e. The van der Waals surface area contributed by atoms with E-state index in [0.717, 1.165) is 53.7 Å². The number of nitrogens with zero attached hydrogens (tertiary/aromatic N) is 1. The number of carbonyl (C=O) groups excluding carboxylic acids is 2. The fraction of sp³-hybridized carbons (Fsp3) is 0.261. The number of hydrogen-bond donors (Lipinski definition) is 4. The lowest BCUT2D eigenvalue weighted by atomic mass is 9.94. The molecule has 5 rings (SSSR count). The van der Waals surface area contributed by atoms with Crippen molar-refractivity contribution in [2.24, 2.45) is 11.0 Å². The zero-order chi connectivity index (χ0) is 20.5. The van der Waals surface area contributed by atoms with Gasteiger partial charge >= 0.3 is 0 Å². The van der Waals surface area contributed by atoms with Gasteiger partial charge in [0.15, 0.2) is 0 Å². The number of aromatic amines is 1. The van der Waals surface area contributed by atoms with Gasteiger partial charge < -0.3 is 15.6 Å². The third-order valence-corrected chi connectivity index (χ3v) is 5.82. The van der Waals surface area contributed by atoms with Gasteiger partial charge in [-0.05, 0) is 49.5 Å². The molecule has 7 nitrogen and oxygen atoms in total. The molecule has 2 aromatic carbocycles. The second-order valence-electron chi connectivity index (χ2n) is 7.87. The van der Waals surface area contributed by atoms with Crippen LogP contribution < -0.4 is 16.1 Å². The highest BCUT2D eigenvalue weighted by molar-refractivity contribution is 6.18. The summed E-state index contributed by atoms with van der Waals surface area (Å²) in [6, 6.07) is 13.5. The Labute approximate surface area is 173 Å². The molecule has 0 bridgehead atoms. The standard InChI is InChI=1S/C23H23N5O2/c29-20(10-14-6-8-24-9-7-14)26-16-11-17-21-18(13-25-28-23(17)30)22(27-19(21)12-16)15-4-2-1-3-5-15/h1-5,11-14,24,27H,6-10H2,(H,26,29)(H,28,30). The quantitative estimate of drug-likeness (QED) is 0.540. The van der Waals surface area contributed by atoms with E-state index in [2.05, 4.69) is 26.1 Å². The molecule has 0 aliphatic carbocycles. The van der Waals surface area contributed by atoms with Gasteiger partial charge in [-0.2, -0.15) is 5.10 Å². The van der Waals surface area contributed by atoms with Gasteiger partial charge in [-0.3, -0.25) is 9.59 Å². The van der Waals surface area contributed by atoms with E-state index in [1.165, 1.54) is 0 Å². The van der Waals surface area contributed by atoms with Crippen LogP contribution in [-0.4, -0.2) is 36.1 Å². The Kier molecular flexibility index (Phi) is 4.80. The van der Waals surface area contributed by atoms with Crippen LogP contribution in [0.25, 0.3) is 22.2 Å². The molecule has 3 aromatic rings. The fourth-order valence-electron chi connectivity index (χ4n) is 4.35. The van der Waals surface area contributed by atoms with Crippen LogP contribution in [0.1, 0.15) is 35.2 Å². The Hall–Kier alpha value is -3.45. The van der Waals surface area contributed by atoms with Crippen molar-refractivity contribution in [3.63, 3.8) is 0 Å². The Bertz CT molecular complexity index is 1140. The summed E-state index contributed by atoms with van der Waals surface area (Å²) >= 11 is 0. The molecule has 2 aliphatic rings. The van der Waals surface area contributed by atoms with Crippen LogP contribution in [0, 0.1) is 5.92 Å². The zero-order valence-corrected chi connectivity index (χ0v) is 16.5. The van der Waals surface area contributed by atoms with Crippen LogP contribution >= 0.6 is 0 Å². The summed E-state index contributed by atoms with van der Waals surface area (Å²) in [5.41, 5.74) is 7.22. The van der Waals surface area contributed by atoms with Gasteiger partial charge in [0.05, 0.1) is 17.5 Å². The van der Waals surface area contributed by atoms with Crippen molar-refractivity contribution in [3.05, 3.63) is 53.6 Å². The monoisotopic (exact) mass is 401 g/mol. The van der Waals surface area contributed by atoms with Crippen molar-refractivity contribution in [2.75, 3.05) is 18.4 Å². The molecule has 0 saturated carbocycles. The van der Waals surface area contributed by atoms with E-state index in [4.69, 9.17) is 0 Å². The fourth-order valence-corrected chi connectivity index (χ4v) is 4.35. The maximum absolute atomic E-state index is 12.6. The molecule has 152 valence electrons. The van der Waals surface area contributed by atoms with Gasteiger partial charge in [0, 0.05) is 28.6 Å². The Morgan fingerprint density at radius 1 is 1.13 bits per heavy atom. The molecule has 0 radical (unpaired) electrons. The third kappa shape index (κ3) is 3.48. The van der Waals surface area contributed by atoms with Crippen molar-refractivity contribution >= 4 is 34.6 Å². The van der Waals surface area contributed by atoms with Gasteiger partial charge in [0.2, 0.25) is 5.91 Å². The predicted octanol–water partition coefficient (Wildman–Crippen LogP) is 3.24. The number of amides is 2. The largest absolute Gasteiger partial charge is 0.354 e. The second-order valence-corrected chi connectivity index (χ2v) is 7.87. The van der Waals surface area contributed by atoms with E-state index >= 15 is 0 Å². The normalized spacial score (nSPS) is 16.3. The first kappa shape index (κ1) is 18.6. The van der Waals surface area contributed by atoms with Crippen LogP contribution in [0.4, 0.5) is 5.69 Å². The molecule has 2 amide bonds. The highest BCUT2D eigenvalue weighted by atomic mass is 16.2. The minimum absolute atomic E-state index is 0.0196. The molecule has 4 N–H and O–H groups in total. The van der Waals surface area contributed by atoms with E-state index in [1.807, 2.05) is 36.4 Å². The topological polar surface area (TPSA) is 98.4 Å². The van der Waals surface area contributed by atoms with Crippen LogP contribution in [0.2, 0.25) is 0 Å². The first-order chi connectivity index (χ1) is 14.7.